The first-order valence-corrected chi connectivity index (χ1v) is 19.0. The average Bonchev–Trinajstić information content (AvgIpc) is 3.01. The number of hydrogen-bond acceptors (Lipinski definition) is 3. The normalized spacial score (nSPS) is 9.88. The molecule has 0 aromatic heterocycles. The third-order valence-corrected chi connectivity index (χ3v) is 7.21. The molecular weight excluding hydrogens is 516 g/mol. The van der Waals surface area contributed by atoms with Crippen molar-refractivity contribution in [1.29, 1.82) is 0 Å². The second-order valence-corrected chi connectivity index (χ2v) is 11.2. The highest BCUT2D eigenvalue weighted by Gasteiger charge is 2.09. The molecule has 0 bridgehead atoms. The fourth-order valence-electron chi connectivity index (χ4n) is 4.63. The van der Waals surface area contributed by atoms with Gasteiger partial charge < -0.3 is 4.74 Å². The average molecular weight is 597 g/mol. The Morgan fingerprint density at radius 3 is 0.929 bits per heavy atom. The molecule has 0 heterocycles. The minimum absolute atomic E-state index is 0.334. The highest BCUT2D eigenvalue weighted by atomic mass is 16.6. The largest absolute Gasteiger partial charge is 0.393 e. The summed E-state index contributed by atoms with van der Waals surface area (Å²) in [5.74, 6) is -0.669. The molecule has 0 aliphatic heterocycles. The quantitative estimate of drug-likeness (QED) is 0.0390. The Balaban J connectivity index is -0.000000400. The van der Waals surface area contributed by atoms with Crippen molar-refractivity contribution in [1.82, 2.24) is 0 Å². The fraction of sp³-hybridized carbons (Fsp3) is 0.897. The Labute approximate surface area is 266 Å². The Morgan fingerprint density at radius 1 is 0.429 bits per heavy atom. The highest BCUT2D eigenvalue weighted by molar-refractivity contribution is 5.85. The van der Waals surface area contributed by atoms with E-state index in [1.807, 2.05) is 33.8 Å². The van der Waals surface area contributed by atoms with Crippen molar-refractivity contribution >= 4 is 11.9 Å². The second-order valence-electron chi connectivity index (χ2n) is 11.2. The standard InChI is InChI=1S/C24H46O3.C11H22.2C2H6/c1-3-5-7-9-11-13-15-17-19-21-23(25)27-24(26)22-20-18-16-14-12-10-8-6-4-2;1-3-5-7-9-11-10-8-6-4-2;2*1-2/h3-22H2,1-2H3;3H,1,4-11H2,2H3;2*1-2H3. The first-order chi connectivity index (χ1) is 20.6. The summed E-state index contributed by atoms with van der Waals surface area (Å²) in [4.78, 5) is 23.4. The van der Waals surface area contributed by atoms with Crippen LogP contribution in [0.3, 0.4) is 0 Å². The van der Waals surface area contributed by atoms with E-state index in [2.05, 4.69) is 27.4 Å². The third kappa shape index (κ3) is 51.6. The van der Waals surface area contributed by atoms with Crippen LogP contribution in [-0.4, -0.2) is 11.9 Å². The molecule has 0 atom stereocenters. The predicted molar refractivity (Wildman–Crippen MR) is 190 cm³/mol. The molecular formula is C39H80O3. The zero-order valence-corrected chi connectivity index (χ0v) is 30.3. The summed E-state index contributed by atoms with van der Waals surface area (Å²) in [6.45, 7) is 18.4. The van der Waals surface area contributed by atoms with Crippen LogP contribution in [0.25, 0.3) is 0 Å². The molecule has 42 heavy (non-hydrogen) atoms. The van der Waals surface area contributed by atoms with Gasteiger partial charge in [0.2, 0.25) is 0 Å². The van der Waals surface area contributed by atoms with Gasteiger partial charge in [-0.2, -0.15) is 0 Å². The van der Waals surface area contributed by atoms with Crippen molar-refractivity contribution in [2.24, 2.45) is 0 Å². The first kappa shape index (κ1) is 47.8. The van der Waals surface area contributed by atoms with Gasteiger partial charge in [-0.25, -0.2) is 0 Å². The van der Waals surface area contributed by atoms with Gasteiger partial charge >= 0.3 is 11.9 Å². The van der Waals surface area contributed by atoms with Crippen LogP contribution < -0.4 is 0 Å². The van der Waals surface area contributed by atoms with Crippen molar-refractivity contribution in [3.05, 3.63) is 12.7 Å². The molecule has 0 unspecified atom stereocenters. The lowest BCUT2D eigenvalue weighted by atomic mass is 10.1. The van der Waals surface area contributed by atoms with Crippen molar-refractivity contribution < 1.29 is 14.3 Å². The maximum atomic E-state index is 11.7. The van der Waals surface area contributed by atoms with Crippen molar-refractivity contribution in [3.63, 3.8) is 0 Å². The van der Waals surface area contributed by atoms with Gasteiger partial charge in [-0.1, -0.05) is 196 Å². The molecule has 0 aliphatic rings. The summed E-state index contributed by atoms with van der Waals surface area (Å²) in [5.41, 5.74) is 0. The molecule has 254 valence electrons. The van der Waals surface area contributed by atoms with Crippen LogP contribution in [0.2, 0.25) is 0 Å². The molecule has 0 fully saturated rings. The number of esters is 2. The minimum Gasteiger partial charge on any atom is -0.393 e. The van der Waals surface area contributed by atoms with Crippen LogP contribution in [0.1, 0.15) is 228 Å². The van der Waals surface area contributed by atoms with Gasteiger partial charge in [0.05, 0.1) is 0 Å². The lowest BCUT2D eigenvalue weighted by Crippen LogP contribution is -2.11. The van der Waals surface area contributed by atoms with Crippen molar-refractivity contribution in [3.8, 4) is 0 Å². The lowest BCUT2D eigenvalue weighted by molar-refractivity contribution is -0.159. The van der Waals surface area contributed by atoms with Gasteiger partial charge in [0.25, 0.3) is 0 Å². The summed E-state index contributed by atoms with van der Waals surface area (Å²) in [7, 11) is 0. The molecule has 0 amide bonds. The molecule has 0 radical (unpaired) electrons. The summed E-state index contributed by atoms with van der Waals surface area (Å²) in [6.07, 6.45) is 35.8. The Kier molecular flexibility index (Phi) is 56.4. The zero-order chi connectivity index (χ0) is 32.4. The Bertz CT molecular complexity index is 454. The van der Waals surface area contributed by atoms with E-state index in [9.17, 15) is 9.59 Å². The number of rotatable bonds is 28. The van der Waals surface area contributed by atoms with E-state index < -0.39 is 0 Å². The van der Waals surface area contributed by atoms with Crippen LogP contribution >= 0.6 is 0 Å². The van der Waals surface area contributed by atoms with Crippen LogP contribution in [0.4, 0.5) is 0 Å². The van der Waals surface area contributed by atoms with Gasteiger partial charge in [-0.3, -0.25) is 9.59 Å². The topological polar surface area (TPSA) is 43.4 Å². The molecule has 0 aliphatic carbocycles. The second kappa shape index (κ2) is 49.6. The van der Waals surface area contributed by atoms with Crippen molar-refractivity contribution in [2.75, 3.05) is 0 Å². The predicted octanol–water partition coefficient (Wildman–Crippen LogP) is 14.3. The number of hydrogen-bond donors (Lipinski definition) is 0. The fourth-order valence-corrected chi connectivity index (χ4v) is 4.63. The van der Waals surface area contributed by atoms with Crippen LogP contribution in [-0.2, 0) is 14.3 Å². The van der Waals surface area contributed by atoms with E-state index in [0.29, 0.717) is 12.8 Å². The summed E-state index contributed by atoms with van der Waals surface area (Å²) in [6, 6.07) is 0. The SMILES string of the molecule is C=CCCCCCCCCC.CC.CC.CCCCCCCCCCCC(=O)OC(=O)CCCCCCCCCCC. The van der Waals surface area contributed by atoms with Gasteiger partial charge in [0.15, 0.2) is 0 Å². The number of carbonyl (C=O) groups excluding carboxylic acids is 2. The number of carbonyl (C=O) groups is 2. The van der Waals surface area contributed by atoms with E-state index in [0.717, 1.165) is 25.7 Å². The first-order valence-electron chi connectivity index (χ1n) is 19.0. The van der Waals surface area contributed by atoms with E-state index in [1.54, 1.807) is 0 Å². The van der Waals surface area contributed by atoms with Crippen LogP contribution in [0, 0.1) is 0 Å². The van der Waals surface area contributed by atoms with Gasteiger partial charge in [0.1, 0.15) is 0 Å². The molecule has 0 spiro atoms. The summed E-state index contributed by atoms with van der Waals surface area (Å²) in [5, 5.41) is 0. The van der Waals surface area contributed by atoms with Crippen LogP contribution in [0.5, 0.6) is 0 Å². The van der Waals surface area contributed by atoms with E-state index in [4.69, 9.17) is 4.74 Å². The molecule has 0 rings (SSSR count). The monoisotopic (exact) mass is 597 g/mol. The summed E-state index contributed by atoms with van der Waals surface area (Å²) >= 11 is 0. The lowest BCUT2D eigenvalue weighted by Gasteiger charge is -2.04. The Hall–Kier alpha value is -1.12. The Morgan fingerprint density at radius 2 is 0.667 bits per heavy atom. The molecule has 0 saturated heterocycles. The zero-order valence-electron chi connectivity index (χ0n) is 30.3. The van der Waals surface area contributed by atoms with Crippen LogP contribution in [0.15, 0.2) is 12.7 Å². The van der Waals surface area contributed by atoms with E-state index in [-0.39, 0.29) is 11.9 Å². The third-order valence-electron chi connectivity index (χ3n) is 7.21. The highest BCUT2D eigenvalue weighted by Crippen LogP contribution is 2.13. The molecule has 3 nitrogen and oxygen atoms in total. The smallest absolute Gasteiger partial charge is 0.313 e. The molecule has 0 aromatic rings. The number of allylic oxidation sites excluding steroid dienone is 1. The minimum atomic E-state index is -0.334. The maximum Gasteiger partial charge on any atom is 0.313 e. The van der Waals surface area contributed by atoms with E-state index in [1.165, 1.54) is 141 Å². The van der Waals surface area contributed by atoms with Gasteiger partial charge in [0, 0.05) is 12.8 Å². The van der Waals surface area contributed by atoms with Gasteiger partial charge in [-0.15, -0.1) is 6.58 Å². The van der Waals surface area contributed by atoms with Crippen molar-refractivity contribution in [2.45, 2.75) is 228 Å². The molecule has 0 N–H and O–H groups in total. The molecule has 0 aromatic carbocycles. The maximum absolute atomic E-state index is 11.7. The van der Waals surface area contributed by atoms with E-state index >= 15 is 0 Å². The molecule has 3 heteroatoms. The number of unbranched alkanes of at least 4 members (excludes halogenated alkanes) is 23. The number of ether oxygens (including phenoxy) is 1. The van der Waals surface area contributed by atoms with Gasteiger partial charge in [-0.05, 0) is 25.7 Å². The summed E-state index contributed by atoms with van der Waals surface area (Å²) < 4.78 is 4.92. The molecule has 0 saturated carbocycles.